The molecule has 0 aliphatic carbocycles. The zero-order valence-corrected chi connectivity index (χ0v) is 25.7. The second-order valence-electron chi connectivity index (χ2n) is 11.8. The molecule has 1 atom stereocenters. The van der Waals surface area contributed by atoms with E-state index in [1.54, 1.807) is 29.4 Å². The topological polar surface area (TPSA) is 154 Å². The maximum absolute atomic E-state index is 14.0. The summed E-state index contributed by atoms with van der Waals surface area (Å²) in [7, 11) is -4.39. The molecule has 3 aromatic rings. The lowest BCUT2D eigenvalue weighted by Crippen LogP contribution is -2.68. The van der Waals surface area contributed by atoms with Crippen LogP contribution in [0.4, 0.5) is 24.8 Å². The molecule has 1 amide bonds. The number of rotatable bonds is 10. The zero-order chi connectivity index (χ0) is 33.0. The van der Waals surface area contributed by atoms with Gasteiger partial charge in [0.05, 0.1) is 16.9 Å². The van der Waals surface area contributed by atoms with E-state index in [0.717, 1.165) is 6.07 Å². The number of piperidine rings is 1. The lowest BCUT2D eigenvalue weighted by Gasteiger charge is -2.44. The minimum Gasteiger partial charge on any atom is -0.481 e. The van der Waals surface area contributed by atoms with Gasteiger partial charge in [0.25, 0.3) is 5.91 Å². The molecule has 0 saturated carbocycles. The average molecular weight is 649 g/mol. The fourth-order valence-electron chi connectivity index (χ4n) is 5.02. The summed E-state index contributed by atoms with van der Waals surface area (Å²) < 4.78 is 71.2. The van der Waals surface area contributed by atoms with Gasteiger partial charge in [-0.15, -0.1) is 0 Å². The summed E-state index contributed by atoms with van der Waals surface area (Å²) in [4.78, 5) is 35.6. The number of amides is 1. The monoisotopic (exact) mass is 648 g/mol. The van der Waals surface area contributed by atoms with E-state index in [0.29, 0.717) is 37.9 Å². The Kier molecular flexibility index (Phi) is 9.73. The number of nitrogens with zero attached hydrogens (tertiary/aromatic N) is 3. The van der Waals surface area contributed by atoms with Crippen molar-refractivity contribution in [3.05, 3.63) is 78.1 Å². The van der Waals surface area contributed by atoms with Crippen molar-refractivity contribution in [2.75, 3.05) is 23.3 Å². The van der Waals surface area contributed by atoms with Crippen LogP contribution in [0.3, 0.4) is 0 Å². The highest BCUT2D eigenvalue weighted by Crippen LogP contribution is 2.36. The molecule has 15 heteroatoms. The highest BCUT2D eigenvalue weighted by Gasteiger charge is 2.48. The normalized spacial score (nSPS) is 16.1. The first-order chi connectivity index (χ1) is 21.0. The fraction of sp³-hybridized carbons (Fsp3) is 0.400. The first-order valence-electron chi connectivity index (χ1n) is 14.1. The minimum atomic E-state index is -4.80. The van der Waals surface area contributed by atoms with Crippen molar-refractivity contribution in [2.45, 2.75) is 62.8 Å². The van der Waals surface area contributed by atoms with Gasteiger partial charge in [0.2, 0.25) is 16.0 Å². The second kappa shape index (κ2) is 13.0. The van der Waals surface area contributed by atoms with Gasteiger partial charge in [0.1, 0.15) is 5.66 Å². The maximum Gasteiger partial charge on any atom is 0.416 e. The molecule has 1 aliphatic rings. The van der Waals surface area contributed by atoms with Crippen molar-refractivity contribution in [3.8, 4) is 0 Å². The molecule has 11 nitrogen and oxygen atoms in total. The van der Waals surface area contributed by atoms with Crippen LogP contribution in [0, 0.1) is 5.41 Å². The van der Waals surface area contributed by atoms with Crippen LogP contribution in [0.5, 0.6) is 0 Å². The van der Waals surface area contributed by atoms with Gasteiger partial charge in [-0.2, -0.15) is 17.9 Å². The molecular weight excluding hydrogens is 613 g/mol. The predicted molar refractivity (Wildman–Crippen MR) is 161 cm³/mol. The van der Waals surface area contributed by atoms with Crippen molar-refractivity contribution in [1.82, 2.24) is 20.0 Å². The molecule has 1 unspecified atom stereocenters. The lowest BCUT2D eigenvalue weighted by atomic mass is 9.78. The third-order valence-electron chi connectivity index (χ3n) is 7.65. The number of benzene rings is 2. The molecule has 45 heavy (non-hydrogen) atoms. The molecule has 4 rings (SSSR count). The van der Waals surface area contributed by atoms with Crippen molar-refractivity contribution in [2.24, 2.45) is 5.41 Å². The number of carboxylic acid groups (broad SMARTS) is 1. The van der Waals surface area contributed by atoms with E-state index < -0.39 is 56.7 Å². The van der Waals surface area contributed by atoms with E-state index in [-0.39, 0.29) is 16.6 Å². The van der Waals surface area contributed by atoms with Crippen LogP contribution in [-0.2, 0) is 21.0 Å². The number of sulfonamides is 1. The zero-order valence-electron chi connectivity index (χ0n) is 24.9. The summed E-state index contributed by atoms with van der Waals surface area (Å²) in [5, 5.41) is 15.5. The first kappa shape index (κ1) is 33.6. The van der Waals surface area contributed by atoms with Gasteiger partial charge in [0, 0.05) is 48.2 Å². The third kappa shape index (κ3) is 8.28. The number of halogens is 3. The molecule has 4 N–H and O–H groups in total. The SMILES string of the molecule is CC(C)(C)C(CC(=O)O)(NC(=O)c1cc(N2CCC(Nc3ncccn3)CC2)cc(C(F)(F)F)c1)NS(=O)(=O)c1ccccc1. The highest BCUT2D eigenvalue weighted by atomic mass is 32.2. The number of aliphatic carboxylic acids is 1. The third-order valence-corrected chi connectivity index (χ3v) is 9.16. The summed E-state index contributed by atoms with van der Waals surface area (Å²) in [5.41, 5.74) is -4.73. The molecule has 1 saturated heterocycles. The van der Waals surface area contributed by atoms with Crippen molar-refractivity contribution in [1.29, 1.82) is 0 Å². The molecule has 1 aliphatic heterocycles. The number of hydrogen-bond donors (Lipinski definition) is 4. The fourth-order valence-corrected chi connectivity index (χ4v) is 6.54. The van der Waals surface area contributed by atoms with Crippen LogP contribution in [0.2, 0.25) is 0 Å². The van der Waals surface area contributed by atoms with E-state index in [2.05, 4.69) is 25.3 Å². The van der Waals surface area contributed by atoms with Gasteiger partial charge < -0.3 is 20.6 Å². The van der Waals surface area contributed by atoms with Gasteiger partial charge in [0.15, 0.2) is 0 Å². The summed E-state index contributed by atoms with van der Waals surface area (Å²) in [6, 6.07) is 11.7. The van der Waals surface area contributed by atoms with Gasteiger partial charge >= 0.3 is 12.1 Å². The van der Waals surface area contributed by atoms with Crippen LogP contribution < -0.4 is 20.3 Å². The molecule has 2 aromatic carbocycles. The molecule has 0 radical (unpaired) electrons. The summed E-state index contributed by atoms with van der Waals surface area (Å²) in [6.45, 7) is 5.28. The van der Waals surface area contributed by atoms with Crippen LogP contribution in [-0.4, -0.2) is 60.2 Å². The van der Waals surface area contributed by atoms with Gasteiger partial charge in [-0.1, -0.05) is 39.0 Å². The molecule has 0 spiro atoms. The van der Waals surface area contributed by atoms with Crippen LogP contribution in [0.1, 0.15) is 56.0 Å². The second-order valence-corrected chi connectivity index (χ2v) is 13.5. The van der Waals surface area contributed by atoms with E-state index in [1.807, 2.05) is 0 Å². The van der Waals surface area contributed by atoms with Crippen LogP contribution in [0.25, 0.3) is 0 Å². The number of nitrogens with one attached hydrogen (secondary N) is 3. The molecule has 1 fully saturated rings. The molecular formula is C30H35F3N6O5S. The van der Waals surface area contributed by atoms with Gasteiger partial charge in [-0.3, -0.25) is 9.59 Å². The Morgan fingerprint density at radius 3 is 2.16 bits per heavy atom. The highest BCUT2D eigenvalue weighted by molar-refractivity contribution is 7.89. The summed E-state index contributed by atoms with van der Waals surface area (Å²) in [5.74, 6) is -2.07. The number of anilines is 2. The van der Waals surface area contributed by atoms with Crippen molar-refractivity contribution in [3.63, 3.8) is 0 Å². The summed E-state index contributed by atoms with van der Waals surface area (Å²) >= 11 is 0. The maximum atomic E-state index is 14.0. The number of carbonyl (C=O) groups is 2. The molecule has 0 bridgehead atoms. The average Bonchev–Trinajstić information content (AvgIpc) is 2.96. The Bertz CT molecular complexity index is 1610. The van der Waals surface area contributed by atoms with E-state index in [9.17, 15) is 36.3 Å². The Morgan fingerprint density at radius 1 is 0.978 bits per heavy atom. The Morgan fingerprint density at radius 2 is 1.60 bits per heavy atom. The first-order valence-corrected chi connectivity index (χ1v) is 15.6. The standard InChI is InChI=1S/C30H35F3N6O5S/c1-28(2,3)29(19-25(40)41,38-45(43,44)24-8-5-4-6-9-24)37-26(42)20-16-21(30(31,32)33)18-23(17-20)39-14-10-22(11-15-39)36-27-34-12-7-13-35-27/h4-9,12-13,16-18,22,38H,10-11,14-15,19H2,1-3H3,(H,37,42)(H,40,41)(H,34,35,36). The Hall–Kier alpha value is -4.24. The number of alkyl halides is 3. The minimum absolute atomic E-state index is 0.0155. The van der Waals surface area contributed by atoms with Crippen LogP contribution in [0.15, 0.2) is 71.9 Å². The quantitative estimate of drug-likeness (QED) is 0.233. The van der Waals surface area contributed by atoms with Crippen molar-refractivity contribution < 1.29 is 36.3 Å². The molecule has 242 valence electrons. The van der Waals surface area contributed by atoms with Gasteiger partial charge in [-0.25, -0.2) is 18.4 Å². The number of carboxylic acids is 1. The van der Waals surface area contributed by atoms with E-state index in [4.69, 9.17) is 0 Å². The van der Waals surface area contributed by atoms with E-state index in [1.165, 1.54) is 51.1 Å². The van der Waals surface area contributed by atoms with Gasteiger partial charge in [-0.05, 0) is 49.2 Å². The largest absolute Gasteiger partial charge is 0.481 e. The summed E-state index contributed by atoms with van der Waals surface area (Å²) in [6.07, 6.45) is -1.39. The number of carbonyl (C=O) groups excluding carboxylic acids is 1. The number of aromatic nitrogens is 2. The Labute approximate surface area is 259 Å². The molecule has 1 aromatic heterocycles. The lowest BCUT2D eigenvalue weighted by molar-refractivity contribution is -0.140. The molecule has 2 heterocycles. The number of hydrogen-bond acceptors (Lipinski definition) is 8. The van der Waals surface area contributed by atoms with Crippen LogP contribution >= 0.6 is 0 Å². The van der Waals surface area contributed by atoms with E-state index >= 15 is 0 Å². The Balaban J connectivity index is 1.66. The van der Waals surface area contributed by atoms with Crippen molar-refractivity contribution >= 4 is 33.5 Å². The smallest absolute Gasteiger partial charge is 0.416 e. The predicted octanol–water partition coefficient (Wildman–Crippen LogP) is 4.50.